The fourth-order valence-electron chi connectivity index (χ4n) is 2.75. The lowest BCUT2D eigenvalue weighted by molar-refractivity contribution is -0.140. The molecule has 126 valence electrons. The Kier molecular flexibility index (Phi) is 6.17. The number of likely N-dealkylation sites (N-methyl/N-ethyl adjacent to an activating group) is 1. The van der Waals surface area contributed by atoms with E-state index in [0.29, 0.717) is 6.54 Å². The fraction of sp³-hybridized carbons (Fsp3) is 0.765. The van der Waals surface area contributed by atoms with Crippen molar-refractivity contribution in [3.63, 3.8) is 0 Å². The third kappa shape index (κ3) is 4.32. The van der Waals surface area contributed by atoms with Crippen LogP contribution in [0.3, 0.4) is 0 Å². The van der Waals surface area contributed by atoms with Gasteiger partial charge in [0.1, 0.15) is 6.04 Å². The van der Waals surface area contributed by atoms with Crippen molar-refractivity contribution in [3.05, 3.63) is 12.3 Å². The first-order valence-electron chi connectivity index (χ1n) is 8.03. The first kappa shape index (κ1) is 18.7. The van der Waals surface area contributed by atoms with E-state index in [9.17, 15) is 9.59 Å². The molecule has 0 unspecified atom stereocenters. The molecule has 0 aliphatic carbocycles. The predicted octanol–water partition coefficient (Wildman–Crippen LogP) is 1.69. The largest absolute Gasteiger partial charge is 0.376 e. The molecule has 22 heavy (non-hydrogen) atoms. The molecule has 3 atom stereocenters. The lowest BCUT2D eigenvalue weighted by Crippen LogP contribution is -2.55. The normalized spacial score (nSPS) is 21.4. The van der Waals surface area contributed by atoms with Gasteiger partial charge in [0.05, 0.1) is 6.04 Å². The minimum absolute atomic E-state index is 0.00495. The summed E-state index contributed by atoms with van der Waals surface area (Å²) < 4.78 is 0. The number of carbonyl (C=O) groups is 2. The maximum absolute atomic E-state index is 13.0. The van der Waals surface area contributed by atoms with Crippen molar-refractivity contribution < 1.29 is 9.59 Å². The van der Waals surface area contributed by atoms with Crippen molar-refractivity contribution in [2.75, 3.05) is 13.6 Å². The van der Waals surface area contributed by atoms with Gasteiger partial charge in [0.15, 0.2) is 5.78 Å². The summed E-state index contributed by atoms with van der Waals surface area (Å²) in [6.07, 6.45) is 1.66. The highest BCUT2D eigenvalue weighted by molar-refractivity contribution is 5.90. The zero-order chi connectivity index (χ0) is 17.1. The number of amides is 1. The van der Waals surface area contributed by atoms with E-state index in [1.54, 1.807) is 11.8 Å². The summed E-state index contributed by atoms with van der Waals surface area (Å²) in [5.74, 6) is 0.0654. The van der Waals surface area contributed by atoms with E-state index in [1.807, 2.05) is 34.7 Å². The second-order valence-corrected chi connectivity index (χ2v) is 7.28. The number of Topliss-reactive ketones (excluding diaryl/α,β-unsaturated/α-hetero) is 1. The molecule has 0 aromatic carbocycles. The maximum atomic E-state index is 13.0. The third-order valence-electron chi connectivity index (χ3n) is 4.40. The standard InChI is InChI=1S/C17H31N3O2/c1-11(18-7)12(2)19-15(17(4,5)6)16(22)20-10-8-9-14(20)13(3)21/h11,14-15,18-19H,2,8-10H2,1,3-7H3/t11-,14-,15+/m0/s1. The van der Waals surface area contributed by atoms with Crippen LogP contribution in [0.1, 0.15) is 47.5 Å². The quantitative estimate of drug-likeness (QED) is 0.784. The molecule has 1 aliphatic heterocycles. The highest BCUT2D eigenvalue weighted by Crippen LogP contribution is 2.26. The lowest BCUT2D eigenvalue weighted by Gasteiger charge is -2.37. The predicted molar refractivity (Wildman–Crippen MR) is 89.5 cm³/mol. The number of rotatable bonds is 6. The number of likely N-dealkylation sites (tertiary alicyclic amines) is 1. The van der Waals surface area contributed by atoms with E-state index in [2.05, 4.69) is 17.2 Å². The molecule has 1 saturated heterocycles. The minimum atomic E-state index is -0.393. The van der Waals surface area contributed by atoms with Crippen LogP contribution < -0.4 is 10.6 Å². The molecule has 0 spiro atoms. The lowest BCUT2D eigenvalue weighted by atomic mass is 9.85. The topological polar surface area (TPSA) is 61.4 Å². The monoisotopic (exact) mass is 309 g/mol. The SMILES string of the molecule is C=C(N[C@H](C(=O)N1CCC[C@H]1C(C)=O)C(C)(C)C)[C@H](C)NC. The Morgan fingerprint density at radius 1 is 1.32 bits per heavy atom. The zero-order valence-electron chi connectivity index (χ0n) is 14.8. The summed E-state index contributed by atoms with van der Waals surface area (Å²) in [4.78, 5) is 26.5. The Morgan fingerprint density at radius 2 is 1.91 bits per heavy atom. The van der Waals surface area contributed by atoms with Crippen LogP contribution in [0, 0.1) is 5.41 Å². The van der Waals surface area contributed by atoms with E-state index in [0.717, 1.165) is 18.5 Å². The van der Waals surface area contributed by atoms with E-state index in [4.69, 9.17) is 0 Å². The molecule has 0 aromatic heterocycles. The van der Waals surface area contributed by atoms with Crippen molar-refractivity contribution >= 4 is 11.7 Å². The van der Waals surface area contributed by atoms with Gasteiger partial charge in [-0.15, -0.1) is 0 Å². The van der Waals surface area contributed by atoms with Crippen molar-refractivity contribution in [1.29, 1.82) is 0 Å². The van der Waals surface area contributed by atoms with Gasteiger partial charge in [-0.2, -0.15) is 0 Å². The molecule has 2 N–H and O–H groups in total. The Bertz CT molecular complexity index is 440. The van der Waals surface area contributed by atoms with Crippen LogP contribution in [0.5, 0.6) is 0 Å². The van der Waals surface area contributed by atoms with Crippen molar-refractivity contribution in [2.24, 2.45) is 5.41 Å². The Hall–Kier alpha value is -1.36. The smallest absolute Gasteiger partial charge is 0.246 e. The van der Waals surface area contributed by atoms with Crippen LogP contribution in [-0.4, -0.2) is 48.3 Å². The highest BCUT2D eigenvalue weighted by Gasteiger charge is 2.40. The van der Waals surface area contributed by atoms with Crippen LogP contribution in [0.25, 0.3) is 0 Å². The summed E-state index contributed by atoms with van der Waals surface area (Å²) in [5, 5.41) is 6.40. The first-order valence-corrected chi connectivity index (χ1v) is 8.03. The van der Waals surface area contributed by atoms with Gasteiger partial charge in [-0.1, -0.05) is 27.4 Å². The molecule has 0 radical (unpaired) electrons. The molecule has 0 saturated carbocycles. The van der Waals surface area contributed by atoms with E-state index < -0.39 is 6.04 Å². The molecule has 5 nitrogen and oxygen atoms in total. The summed E-state index contributed by atoms with van der Waals surface area (Å²) in [7, 11) is 1.86. The molecule has 1 amide bonds. The van der Waals surface area contributed by atoms with Gasteiger partial charge in [-0.25, -0.2) is 0 Å². The number of carbonyl (C=O) groups excluding carboxylic acids is 2. The third-order valence-corrected chi connectivity index (χ3v) is 4.40. The number of hydrogen-bond acceptors (Lipinski definition) is 4. The Balaban J connectivity index is 2.95. The molecular formula is C17H31N3O2. The fourth-order valence-corrected chi connectivity index (χ4v) is 2.75. The summed E-state index contributed by atoms with van der Waals surface area (Å²) in [6, 6.07) is -0.593. The van der Waals surface area contributed by atoms with Crippen LogP contribution in [0.4, 0.5) is 0 Å². The first-order chi connectivity index (χ1) is 10.1. The van der Waals surface area contributed by atoms with Gasteiger partial charge >= 0.3 is 0 Å². The van der Waals surface area contributed by atoms with Gasteiger partial charge in [-0.3, -0.25) is 9.59 Å². The number of hydrogen-bond donors (Lipinski definition) is 2. The summed E-state index contributed by atoms with van der Waals surface area (Å²) in [6.45, 7) is 14.3. The van der Waals surface area contributed by atoms with Gasteiger partial charge in [-0.05, 0) is 39.2 Å². The van der Waals surface area contributed by atoms with Gasteiger partial charge in [0.25, 0.3) is 0 Å². The van der Waals surface area contributed by atoms with Crippen molar-refractivity contribution in [2.45, 2.75) is 65.6 Å². The van der Waals surface area contributed by atoms with E-state index >= 15 is 0 Å². The van der Waals surface area contributed by atoms with Crippen LogP contribution in [0.2, 0.25) is 0 Å². The van der Waals surface area contributed by atoms with Crippen LogP contribution in [-0.2, 0) is 9.59 Å². The molecule has 1 rings (SSSR count). The number of nitrogens with zero attached hydrogens (tertiary/aromatic N) is 1. The minimum Gasteiger partial charge on any atom is -0.376 e. The summed E-state index contributed by atoms with van der Waals surface area (Å²) in [5.41, 5.74) is 0.520. The average molecular weight is 309 g/mol. The van der Waals surface area contributed by atoms with E-state index in [-0.39, 0.29) is 29.2 Å². The molecule has 1 fully saturated rings. The van der Waals surface area contributed by atoms with Crippen LogP contribution >= 0.6 is 0 Å². The number of ketones is 1. The van der Waals surface area contributed by atoms with Gasteiger partial charge in [0.2, 0.25) is 5.91 Å². The second kappa shape index (κ2) is 7.27. The molecule has 0 bridgehead atoms. The van der Waals surface area contributed by atoms with Crippen molar-refractivity contribution in [1.82, 2.24) is 15.5 Å². The second-order valence-electron chi connectivity index (χ2n) is 7.28. The molecule has 0 aromatic rings. The highest BCUT2D eigenvalue weighted by atomic mass is 16.2. The molecular weight excluding hydrogens is 278 g/mol. The zero-order valence-corrected chi connectivity index (χ0v) is 14.8. The summed E-state index contributed by atoms with van der Waals surface area (Å²) >= 11 is 0. The number of nitrogens with one attached hydrogen (secondary N) is 2. The molecule has 5 heteroatoms. The van der Waals surface area contributed by atoms with Crippen molar-refractivity contribution in [3.8, 4) is 0 Å². The van der Waals surface area contributed by atoms with Gasteiger partial charge in [0, 0.05) is 18.3 Å². The molecule has 1 aliphatic rings. The Labute approximate surface area is 134 Å². The maximum Gasteiger partial charge on any atom is 0.246 e. The van der Waals surface area contributed by atoms with E-state index in [1.165, 1.54) is 0 Å². The average Bonchev–Trinajstić information content (AvgIpc) is 2.91. The molecule has 1 heterocycles. The Morgan fingerprint density at radius 3 is 2.36 bits per heavy atom. The van der Waals surface area contributed by atoms with Crippen LogP contribution in [0.15, 0.2) is 12.3 Å². The van der Waals surface area contributed by atoms with Gasteiger partial charge < -0.3 is 15.5 Å².